The smallest absolute Gasteiger partial charge is 0.305 e. The van der Waals surface area contributed by atoms with E-state index in [-0.39, 0.29) is 17.1 Å². The number of aromatic hydroxyl groups is 1. The van der Waals surface area contributed by atoms with Crippen LogP contribution in [0.1, 0.15) is 20.9 Å². The molecule has 110 valence electrons. The molecular formula is C16H12N2O4. The zero-order valence-electron chi connectivity index (χ0n) is 11.4. The molecule has 3 aromatic rings. The molecule has 0 unspecified atom stereocenters. The number of fused-ring (bicyclic) bond motifs is 1. The lowest BCUT2D eigenvalue weighted by atomic mass is 10.2. The fraction of sp³-hybridized carbons (Fsp3) is 0. The van der Waals surface area contributed by atoms with E-state index >= 15 is 0 Å². The van der Waals surface area contributed by atoms with Gasteiger partial charge in [0.25, 0.3) is 5.91 Å². The van der Waals surface area contributed by atoms with Crippen LogP contribution in [0.4, 0.5) is 0 Å². The number of phenols is 1. The zero-order valence-corrected chi connectivity index (χ0v) is 11.4. The molecule has 22 heavy (non-hydrogen) atoms. The summed E-state index contributed by atoms with van der Waals surface area (Å²) in [6.45, 7) is 0. The van der Waals surface area contributed by atoms with E-state index in [0.717, 1.165) is 5.39 Å². The van der Waals surface area contributed by atoms with Gasteiger partial charge in [0.15, 0.2) is 5.76 Å². The van der Waals surface area contributed by atoms with Crippen molar-refractivity contribution >= 4 is 22.8 Å². The summed E-state index contributed by atoms with van der Waals surface area (Å²) in [6.07, 6.45) is 0. The number of nitrogens with one attached hydrogen (secondary N) is 2. The van der Waals surface area contributed by atoms with Crippen molar-refractivity contribution in [3.05, 3.63) is 65.9 Å². The van der Waals surface area contributed by atoms with Gasteiger partial charge in [-0.1, -0.05) is 24.3 Å². The summed E-state index contributed by atoms with van der Waals surface area (Å²) in [5.74, 6) is -1.04. The molecule has 0 saturated carbocycles. The van der Waals surface area contributed by atoms with E-state index in [1.165, 1.54) is 24.3 Å². The second-order valence-electron chi connectivity index (χ2n) is 4.61. The SMILES string of the molecule is O=C(NNC(=O)c1cc2ccccc2o1)c1cccc(O)c1. The molecule has 0 radical (unpaired) electrons. The van der Waals surface area contributed by atoms with Crippen LogP contribution < -0.4 is 10.9 Å². The average molecular weight is 296 g/mol. The number of benzene rings is 2. The van der Waals surface area contributed by atoms with E-state index in [0.29, 0.717) is 5.58 Å². The minimum atomic E-state index is -0.565. The fourth-order valence-corrected chi connectivity index (χ4v) is 1.99. The van der Waals surface area contributed by atoms with Crippen molar-refractivity contribution in [2.45, 2.75) is 0 Å². The summed E-state index contributed by atoms with van der Waals surface area (Å²) in [6, 6.07) is 14.6. The molecule has 3 N–H and O–H groups in total. The van der Waals surface area contributed by atoms with Crippen molar-refractivity contribution in [2.75, 3.05) is 0 Å². The third-order valence-electron chi connectivity index (χ3n) is 3.05. The van der Waals surface area contributed by atoms with E-state index in [9.17, 15) is 14.7 Å². The van der Waals surface area contributed by atoms with E-state index in [4.69, 9.17) is 4.42 Å². The highest BCUT2D eigenvalue weighted by atomic mass is 16.3. The Morgan fingerprint density at radius 2 is 1.68 bits per heavy atom. The van der Waals surface area contributed by atoms with Gasteiger partial charge < -0.3 is 9.52 Å². The molecule has 6 nitrogen and oxygen atoms in total. The second kappa shape index (κ2) is 5.61. The number of hydrogen-bond acceptors (Lipinski definition) is 4. The largest absolute Gasteiger partial charge is 0.508 e. The molecule has 0 atom stereocenters. The molecule has 1 aromatic heterocycles. The molecule has 2 amide bonds. The lowest BCUT2D eigenvalue weighted by Gasteiger charge is -2.06. The minimum absolute atomic E-state index is 0.0312. The van der Waals surface area contributed by atoms with Crippen LogP contribution in [0.2, 0.25) is 0 Å². The van der Waals surface area contributed by atoms with E-state index in [2.05, 4.69) is 10.9 Å². The summed E-state index contributed by atoms with van der Waals surface area (Å²) in [5, 5.41) is 10.1. The Kier molecular flexibility index (Phi) is 3.49. The molecule has 0 aliphatic carbocycles. The number of furan rings is 1. The van der Waals surface area contributed by atoms with Crippen molar-refractivity contribution in [1.29, 1.82) is 0 Å². The highest BCUT2D eigenvalue weighted by molar-refractivity contribution is 5.99. The Bertz CT molecular complexity index is 821. The normalized spacial score (nSPS) is 10.4. The lowest BCUT2D eigenvalue weighted by Crippen LogP contribution is -2.41. The maximum Gasteiger partial charge on any atom is 0.305 e. The minimum Gasteiger partial charge on any atom is -0.508 e. The van der Waals surface area contributed by atoms with Crippen molar-refractivity contribution in [2.24, 2.45) is 0 Å². The first-order chi connectivity index (χ1) is 10.6. The molecule has 0 aliphatic heterocycles. The standard InChI is InChI=1S/C16H12N2O4/c19-12-6-3-5-11(8-12)15(20)17-18-16(21)14-9-10-4-1-2-7-13(10)22-14/h1-9,19H,(H,17,20)(H,18,21). The summed E-state index contributed by atoms with van der Waals surface area (Å²) < 4.78 is 5.38. The van der Waals surface area contributed by atoms with Gasteiger partial charge in [-0.25, -0.2) is 0 Å². The van der Waals surface area contributed by atoms with Gasteiger partial charge in [-0.3, -0.25) is 20.4 Å². The van der Waals surface area contributed by atoms with Gasteiger partial charge in [-0.2, -0.15) is 0 Å². The summed E-state index contributed by atoms with van der Waals surface area (Å²) >= 11 is 0. The third kappa shape index (κ3) is 2.76. The highest BCUT2D eigenvalue weighted by Gasteiger charge is 2.13. The van der Waals surface area contributed by atoms with Gasteiger partial charge in [0.1, 0.15) is 11.3 Å². The highest BCUT2D eigenvalue weighted by Crippen LogP contribution is 2.18. The van der Waals surface area contributed by atoms with Crippen LogP contribution in [0.25, 0.3) is 11.0 Å². The number of amides is 2. The number of hydrogen-bond donors (Lipinski definition) is 3. The number of para-hydroxylation sites is 1. The van der Waals surface area contributed by atoms with Crippen molar-refractivity contribution < 1.29 is 19.1 Å². The monoisotopic (exact) mass is 296 g/mol. The number of hydrazine groups is 1. The van der Waals surface area contributed by atoms with Crippen LogP contribution in [-0.4, -0.2) is 16.9 Å². The molecule has 0 aliphatic rings. The molecule has 1 heterocycles. The predicted octanol–water partition coefficient (Wildman–Crippen LogP) is 2.21. The van der Waals surface area contributed by atoms with E-state index < -0.39 is 11.8 Å². The van der Waals surface area contributed by atoms with Gasteiger partial charge >= 0.3 is 5.91 Å². The first-order valence-electron chi connectivity index (χ1n) is 6.52. The topological polar surface area (TPSA) is 91.6 Å². The van der Waals surface area contributed by atoms with Gasteiger partial charge in [0.2, 0.25) is 0 Å². The molecule has 3 rings (SSSR count). The van der Waals surface area contributed by atoms with Gasteiger partial charge in [0, 0.05) is 10.9 Å². The van der Waals surface area contributed by atoms with Crippen molar-refractivity contribution in [1.82, 2.24) is 10.9 Å². The molecule has 2 aromatic carbocycles. The lowest BCUT2D eigenvalue weighted by molar-refractivity contribution is 0.0832. The van der Waals surface area contributed by atoms with Crippen LogP contribution >= 0.6 is 0 Å². The second-order valence-corrected chi connectivity index (χ2v) is 4.61. The predicted molar refractivity (Wildman–Crippen MR) is 79.3 cm³/mol. The first-order valence-corrected chi connectivity index (χ1v) is 6.52. The Balaban J connectivity index is 1.68. The van der Waals surface area contributed by atoms with E-state index in [1.807, 2.05) is 12.1 Å². The number of carbonyl (C=O) groups excluding carboxylic acids is 2. The van der Waals surface area contributed by atoms with Crippen LogP contribution in [0.15, 0.2) is 59.0 Å². The quantitative estimate of drug-likeness (QED) is 0.632. The molecule has 0 spiro atoms. The fourth-order valence-electron chi connectivity index (χ4n) is 1.99. The Labute approximate surface area is 125 Å². The Morgan fingerprint density at radius 3 is 2.45 bits per heavy atom. The number of rotatable bonds is 2. The van der Waals surface area contributed by atoms with Gasteiger partial charge in [-0.05, 0) is 30.3 Å². The Hall–Kier alpha value is -3.28. The van der Waals surface area contributed by atoms with Crippen LogP contribution in [-0.2, 0) is 0 Å². The van der Waals surface area contributed by atoms with Crippen molar-refractivity contribution in [3.63, 3.8) is 0 Å². The van der Waals surface area contributed by atoms with E-state index in [1.54, 1.807) is 18.2 Å². The van der Waals surface area contributed by atoms with Crippen LogP contribution in [0.5, 0.6) is 5.75 Å². The first kappa shape index (κ1) is 13.7. The summed E-state index contributed by atoms with van der Waals surface area (Å²) in [5.41, 5.74) is 5.34. The number of carbonyl (C=O) groups is 2. The number of phenolic OH excluding ortho intramolecular Hbond substituents is 1. The zero-order chi connectivity index (χ0) is 15.5. The third-order valence-corrected chi connectivity index (χ3v) is 3.05. The summed E-state index contributed by atoms with van der Waals surface area (Å²) in [4.78, 5) is 23.8. The molecule has 0 fully saturated rings. The summed E-state index contributed by atoms with van der Waals surface area (Å²) in [7, 11) is 0. The maximum atomic E-state index is 11.9. The van der Waals surface area contributed by atoms with Crippen LogP contribution in [0.3, 0.4) is 0 Å². The molecule has 6 heteroatoms. The van der Waals surface area contributed by atoms with Gasteiger partial charge in [0.05, 0.1) is 0 Å². The Morgan fingerprint density at radius 1 is 0.909 bits per heavy atom. The van der Waals surface area contributed by atoms with Crippen molar-refractivity contribution in [3.8, 4) is 5.75 Å². The van der Waals surface area contributed by atoms with Crippen LogP contribution in [0, 0.1) is 0 Å². The average Bonchev–Trinajstić information content (AvgIpc) is 2.96. The molecule has 0 saturated heterocycles. The molecule has 0 bridgehead atoms. The maximum absolute atomic E-state index is 11.9. The van der Waals surface area contributed by atoms with Gasteiger partial charge in [-0.15, -0.1) is 0 Å². The molecular weight excluding hydrogens is 284 g/mol.